The maximum Gasteiger partial charge on any atom is 0.139 e. The molecule has 5 fully saturated rings. The fourth-order valence-electron chi connectivity index (χ4n) is 7.84. The molecule has 1 spiro atoms. The summed E-state index contributed by atoms with van der Waals surface area (Å²) in [5, 5.41) is 0. The van der Waals surface area contributed by atoms with E-state index in [1.807, 2.05) is 0 Å². The van der Waals surface area contributed by atoms with Crippen LogP contribution < -0.4 is 0 Å². The van der Waals surface area contributed by atoms with Crippen LogP contribution in [-0.4, -0.2) is 30.7 Å². The van der Waals surface area contributed by atoms with Crippen molar-refractivity contribution >= 4 is 5.78 Å². The Labute approximate surface area is 145 Å². The number of fused-ring (bicyclic) bond motifs is 5. The highest BCUT2D eigenvalue weighted by Crippen LogP contribution is 2.67. The van der Waals surface area contributed by atoms with E-state index in [4.69, 9.17) is 9.47 Å². The Balaban J connectivity index is 1.51. The summed E-state index contributed by atoms with van der Waals surface area (Å²) in [6.07, 6.45) is 10.7. The average molecular weight is 332 g/mol. The molecule has 0 radical (unpaired) electrons. The predicted molar refractivity (Wildman–Crippen MR) is 91.7 cm³/mol. The minimum Gasteiger partial charge on any atom is -0.376 e. The van der Waals surface area contributed by atoms with Gasteiger partial charge in [0.1, 0.15) is 5.78 Å². The van der Waals surface area contributed by atoms with Crippen molar-refractivity contribution in [2.75, 3.05) is 13.2 Å². The highest BCUT2D eigenvalue weighted by atomic mass is 16.6. The van der Waals surface area contributed by atoms with Gasteiger partial charge in [0.25, 0.3) is 0 Å². The lowest BCUT2D eigenvalue weighted by molar-refractivity contribution is -0.225. The Morgan fingerprint density at radius 3 is 2.71 bits per heavy atom. The van der Waals surface area contributed by atoms with Crippen molar-refractivity contribution in [2.45, 2.75) is 83.3 Å². The van der Waals surface area contributed by atoms with Gasteiger partial charge in [-0.05, 0) is 68.1 Å². The van der Waals surface area contributed by atoms with Crippen LogP contribution >= 0.6 is 0 Å². The molecule has 5 aliphatic rings. The largest absolute Gasteiger partial charge is 0.376 e. The van der Waals surface area contributed by atoms with Gasteiger partial charge < -0.3 is 9.47 Å². The lowest BCUT2D eigenvalue weighted by atomic mass is 9.43. The first-order valence-electron chi connectivity index (χ1n) is 10.3. The molecule has 0 N–H and O–H groups in total. The van der Waals surface area contributed by atoms with Crippen LogP contribution in [-0.2, 0) is 14.3 Å². The number of ether oxygens (including phenoxy) is 2. The Kier molecular flexibility index (Phi) is 3.34. The Morgan fingerprint density at radius 1 is 0.958 bits per heavy atom. The van der Waals surface area contributed by atoms with Crippen molar-refractivity contribution in [3.05, 3.63) is 0 Å². The highest BCUT2D eigenvalue weighted by molar-refractivity contribution is 5.87. The van der Waals surface area contributed by atoms with Gasteiger partial charge >= 0.3 is 0 Å². The van der Waals surface area contributed by atoms with Crippen LogP contribution in [0.2, 0.25) is 0 Å². The molecular formula is C21H32O3. The summed E-state index contributed by atoms with van der Waals surface area (Å²) in [7, 11) is 0. The molecule has 1 saturated heterocycles. The van der Waals surface area contributed by atoms with Gasteiger partial charge in [0.2, 0.25) is 0 Å². The Morgan fingerprint density at radius 2 is 1.83 bits per heavy atom. The van der Waals surface area contributed by atoms with E-state index in [1.165, 1.54) is 32.1 Å². The SMILES string of the molecule is C[C@]12CC[C@H]3[C@@H](CCC45CC(CC[C@]34C)OCCO5)[C@@H]1CCC2=O. The molecule has 3 nitrogen and oxygen atoms in total. The number of Topliss-reactive ketones (excluding diaryl/α,β-unsaturated/α-hetero) is 1. The zero-order chi connectivity index (χ0) is 16.6. The third-order valence-corrected chi connectivity index (χ3v) is 9.25. The lowest BCUT2D eigenvalue weighted by Crippen LogP contribution is -2.63. The molecule has 7 atom stereocenters. The number of ketones is 1. The third kappa shape index (κ3) is 1.84. The fourth-order valence-corrected chi connectivity index (χ4v) is 7.84. The van der Waals surface area contributed by atoms with Crippen molar-refractivity contribution in [2.24, 2.45) is 28.6 Å². The fraction of sp³-hybridized carbons (Fsp3) is 0.952. The van der Waals surface area contributed by atoms with E-state index in [2.05, 4.69) is 13.8 Å². The highest BCUT2D eigenvalue weighted by Gasteiger charge is 2.65. The molecule has 3 heteroatoms. The normalized spacial score (nSPS) is 56.8. The van der Waals surface area contributed by atoms with Crippen LogP contribution in [0.25, 0.3) is 0 Å². The van der Waals surface area contributed by atoms with Crippen LogP contribution in [0.4, 0.5) is 0 Å². The molecule has 0 aromatic heterocycles. The number of hydrogen-bond donors (Lipinski definition) is 0. The van der Waals surface area contributed by atoms with Crippen LogP contribution in [0.3, 0.4) is 0 Å². The lowest BCUT2D eigenvalue weighted by Gasteiger charge is -2.64. The van der Waals surface area contributed by atoms with E-state index < -0.39 is 0 Å². The van der Waals surface area contributed by atoms with E-state index in [9.17, 15) is 4.79 Å². The van der Waals surface area contributed by atoms with Gasteiger partial charge in [0.05, 0.1) is 24.9 Å². The molecule has 2 bridgehead atoms. The molecule has 0 aromatic rings. The second-order valence-corrected chi connectivity index (χ2v) is 9.83. The average Bonchev–Trinajstić information content (AvgIpc) is 2.77. The summed E-state index contributed by atoms with van der Waals surface area (Å²) in [5.41, 5.74) is 0.323. The standard InChI is InChI=1S/C21H32O3/c1-19-8-7-17-15(16(19)3-4-18(19)22)6-10-21-13-14(23-11-12-24-21)5-9-20(17,21)2/h14-17H,3-13H2,1-2H3/t14?,15-,16-,17-,19-,20+,21?/m0/s1. The van der Waals surface area contributed by atoms with Gasteiger partial charge in [-0.2, -0.15) is 0 Å². The summed E-state index contributed by atoms with van der Waals surface area (Å²) >= 11 is 0. The Bertz CT molecular complexity index is 559. The molecule has 134 valence electrons. The molecular weight excluding hydrogens is 300 g/mol. The van der Waals surface area contributed by atoms with Crippen molar-refractivity contribution in [3.8, 4) is 0 Å². The first kappa shape index (κ1) is 15.8. The van der Waals surface area contributed by atoms with Crippen LogP contribution in [0.5, 0.6) is 0 Å². The van der Waals surface area contributed by atoms with Gasteiger partial charge in [-0.3, -0.25) is 4.79 Å². The van der Waals surface area contributed by atoms with Crippen LogP contribution in [0.1, 0.15) is 71.6 Å². The zero-order valence-corrected chi connectivity index (χ0v) is 15.3. The molecule has 5 rings (SSSR count). The van der Waals surface area contributed by atoms with Gasteiger partial charge in [0.15, 0.2) is 0 Å². The summed E-state index contributed by atoms with van der Waals surface area (Å²) in [6, 6.07) is 0. The number of hydrogen-bond acceptors (Lipinski definition) is 3. The van der Waals surface area contributed by atoms with Gasteiger partial charge in [-0.15, -0.1) is 0 Å². The molecule has 4 aliphatic carbocycles. The molecule has 2 unspecified atom stereocenters. The molecule has 1 heterocycles. The molecule has 0 aromatic carbocycles. The van der Waals surface area contributed by atoms with Crippen LogP contribution in [0.15, 0.2) is 0 Å². The van der Waals surface area contributed by atoms with E-state index in [1.54, 1.807) is 0 Å². The van der Waals surface area contributed by atoms with Crippen molar-refractivity contribution in [1.82, 2.24) is 0 Å². The van der Waals surface area contributed by atoms with Gasteiger partial charge in [-0.25, -0.2) is 0 Å². The van der Waals surface area contributed by atoms with Crippen molar-refractivity contribution in [3.63, 3.8) is 0 Å². The monoisotopic (exact) mass is 332 g/mol. The maximum atomic E-state index is 12.5. The van der Waals surface area contributed by atoms with Crippen molar-refractivity contribution < 1.29 is 14.3 Å². The first-order valence-corrected chi connectivity index (χ1v) is 10.3. The van der Waals surface area contributed by atoms with Crippen LogP contribution in [0, 0.1) is 28.6 Å². The molecule has 1 aliphatic heterocycles. The molecule has 0 amide bonds. The second-order valence-electron chi connectivity index (χ2n) is 9.83. The summed E-state index contributed by atoms with van der Waals surface area (Å²) in [5.74, 6) is 2.68. The first-order chi connectivity index (χ1) is 11.5. The summed E-state index contributed by atoms with van der Waals surface area (Å²) < 4.78 is 12.6. The summed E-state index contributed by atoms with van der Waals surface area (Å²) in [6.45, 7) is 6.35. The maximum absolute atomic E-state index is 12.5. The van der Waals surface area contributed by atoms with Gasteiger partial charge in [-0.1, -0.05) is 13.8 Å². The second kappa shape index (κ2) is 5.07. The van der Waals surface area contributed by atoms with E-state index in [0.717, 1.165) is 50.7 Å². The number of carbonyl (C=O) groups excluding carboxylic acids is 1. The minimum absolute atomic E-state index is 0.00729. The number of carbonyl (C=O) groups is 1. The van der Waals surface area contributed by atoms with E-state index >= 15 is 0 Å². The van der Waals surface area contributed by atoms with Crippen molar-refractivity contribution in [1.29, 1.82) is 0 Å². The minimum atomic E-state index is -0.00729. The molecule has 4 saturated carbocycles. The quantitative estimate of drug-likeness (QED) is 0.669. The topological polar surface area (TPSA) is 35.5 Å². The third-order valence-electron chi connectivity index (χ3n) is 9.25. The Hall–Kier alpha value is -0.410. The number of rotatable bonds is 0. The molecule has 24 heavy (non-hydrogen) atoms. The van der Waals surface area contributed by atoms with E-state index in [-0.39, 0.29) is 16.4 Å². The zero-order valence-electron chi connectivity index (χ0n) is 15.3. The van der Waals surface area contributed by atoms with Gasteiger partial charge in [0, 0.05) is 18.3 Å². The van der Waals surface area contributed by atoms with E-state index in [0.29, 0.717) is 17.8 Å². The smallest absolute Gasteiger partial charge is 0.139 e. The summed E-state index contributed by atoms with van der Waals surface area (Å²) in [4.78, 5) is 12.5. The predicted octanol–water partition coefficient (Wildman–Crippen LogP) is 4.14.